The highest BCUT2D eigenvalue weighted by atomic mass is 32.1. The van der Waals surface area contributed by atoms with Crippen molar-refractivity contribution in [3.8, 4) is 0 Å². The molecule has 0 radical (unpaired) electrons. The number of rotatable bonds is 4. The summed E-state index contributed by atoms with van der Waals surface area (Å²) in [4.78, 5) is 0. The van der Waals surface area contributed by atoms with Crippen molar-refractivity contribution in [1.29, 1.82) is 0 Å². The molecule has 0 saturated carbocycles. The van der Waals surface area contributed by atoms with Gasteiger partial charge in [0.2, 0.25) is 0 Å². The van der Waals surface area contributed by atoms with Gasteiger partial charge in [-0.15, -0.1) is 0 Å². The SMILES string of the molecule is Fc1cc(F)c(F)c(Cn2ccc(NC(=S)Nc3ccccc3)n2)c1F. The summed E-state index contributed by atoms with van der Waals surface area (Å²) >= 11 is 5.14. The molecule has 134 valence electrons. The summed E-state index contributed by atoms with van der Waals surface area (Å²) in [6, 6.07) is 10.8. The van der Waals surface area contributed by atoms with Gasteiger partial charge in [-0.05, 0) is 24.4 Å². The number of thiocarbonyl (C=S) groups is 1. The van der Waals surface area contributed by atoms with E-state index in [9.17, 15) is 17.6 Å². The highest BCUT2D eigenvalue weighted by molar-refractivity contribution is 7.80. The first-order valence-electron chi connectivity index (χ1n) is 7.42. The summed E-state index contributed by atoms with van der Waals surface area (Å²) < 4.78 is 55.1. The maximum atomic E-state index is 13.7. The molecule has 0 fully saturated rings. The smallest absolute Gasteiger partial charge is 0.176 e. The fraction of sp³-hybridized carbons (Fsp3) is 0.0588. The second-order valence-electron chi connectivity index (χ2n) is 5.29. The molecule has 0 atom stereocenters. The van der Waals surface area contributed by atoms with Gasteiger partial charge in [0, 0.05) is 24.0 Å². The van der Waals surface area contributed by atoms with Crippen LogP contribution in [0.2, 0.25) is 0 Å². The first-order valence-corrected chi connectivity index (χ1v) is 7.83. The molecule has 0 bridgehead atoms. The third-order valence-electron chi connectivity index (χ3n) is 3.44. The molecule has 3 aromatic rings. The van der Waals surface area contributed by atoms with Crippen LogP contribution in [0.3, 0.4) is 0 Å². The number of aromatic nitrogens is 2. The van der Waals surface area contributed by atoms with E-state index in [1.54, 1.807) is 0 Å². The third kappa shape index (κ3) is 3.99. The molecule has 9 heteroatoms. The van der Waals surface area contributed by atoms with Crippen LogP contribution in [0.15, 0.2) is 48.7 Å². The van der Waals surface area contributed by atoms with Crippen molar-refractivity contribution < 1.29 is 17.6 Å². The molecule has 2 N–H and O–H groups in total. The highest BCUT2D eigenvalue weighted by Crippen LogP contribution is 2.20. The van der Waals surface area contributed by atoms with Gasteiger partial charge in [-0.25, -0.2) is 17.6 Å². The second kappa shape index (κ2) is 7.52. The van der Waals surface area contributed by atoms with E-state index >= 15 is 0 Å². The molecule has 0 unspecified atom stereocenters. The third-order valence-corrected chi connectivity index (χ3v) is 3.64. The first kappa shape index (κ1) is 17.9. The van der Waals surface area contributed by atoms with Gasteiger partial charge in [0.15, 0.2) is 34.2 Å². The zero-order valence-corrected chi connectivity index (χ0v) is 14.0. The largest absolute Gasteiger partial charge is 0.332 e. The molecule has 0 spiro atoms. The molecule has 0 aliphatic rings. The molecule has 1 aromatic heterocycles. The molecule has 26 heavy (non-hydrogen) atoms. The Bertz CT molecular complexity index is 917. The van der Waals surface area contributed by atoms with Crippen LogP contribution < -0.4 is 10.6 Å². The summed E-state index contributed by atoms with van der Waals surface area (Å²) in [7, 11) is 0. The highest BCUT2D eigenvalue weighted by Gasteiger charge is 2.19. The molecule has 0 aliphatic heterocycles. The van der Waals surface area contributed by atoms with Crippen LogP contribution in [0.5, 0.6) is 0 Å². The van der Waals surface area contributed by atoms with Gasteiger partial charge in [-0.1, -0.05) is 18.2 Å². The van der Waals surface area contributed by atoms with Gasteiger partial charge < -0.3 is 10.6 Å². The number of para-hydroxylation sites is 1. The van der Waals surface area contributed by atoms with E-state index in [4.69, 9.17) is 12.2 Å². The van der Waals surface area contributed by atoms with Gasteiger partial charge >= 0.3 is 0 Å². The lowest BCUT2D eigenvalue weighted by atomic mass is 10.2. The van der Waals surface area contributed by atoms with Gasteiger partial charge in [-0.2, -0.15) is 5.10 Å². The van der Waals surface area contributed by atoms with Crippen molar-refractivity contribution in [2.45, 2.75) is 6.54 Å². The van der Waals surface area contributed by atoms with Crippen LogP contribution in [0, 0.1) is 23.3 Å². The van der Waals surface area contributed by atoms with Crippen LogP contribution in [-0.4, -0.2) is 14.9 Å². The predicted molar refractivity (Wildman–Crippen MR) is 93.9 cm³/mol. The van der Waals surface area contributed by atoms with Gasteiger partial charge in [0.05, 0.1) is 12.1 Å². The average Bonchev–Trinajstić information content (AvgIpc) is 3.04. The molecular formula is C17H12F4N4S. The zero-order chi connectivity index (χ0) is 18.7. The molecule has 0 saturated heterocycles. The standard InChI is InChI=1S/C17H12F4N4S/c18-12-8-13(19)16(21)11(15(12)20)9-25-7-6-14(24-25)23-17(26)22-10-4-2-1-3-5-10/h1-8H,9H2,(H2,22,23,24,26). The lowest BCUT2D eigenvalue weighted by Crippen LogP contribution is -2.19. The summed E-state index contributed by atoms with van der Waals surface area (Å²) in [5, 5.41) is 10.0. The summed E-state index contributed by atoms with van der Waals surface area (Å²) in [5.41, 5.74) is 0.0194. The van der Waals surface area contributed by atoms with Crippen LogP contribution >= 0.6 is 12.2 Å². The van der Waals surface area contributed by atoms with Crippen molar-refractivity contribution in [1.82, 2.24) is 9.78 Å². The monoisotopic (exact) mass is 380 g/mol. The van der Waals surface area contributed by atoms with Crippen LogP contribution in [0.1, 0.15) is 5.56 Å². The number of hydrogen-bond acceptors (Lipinski definition) is 2. The molecular weight excluding hydrogens is 368 g/mol. The quantitative estimate of drug-likeness (QED) is 0.402. The van der Waals surface area contributed by atoms with E-state index in [-0.39, 0.29) is 11.2 Å². The van der Waals surface area contributed by atoms with E-state index in [1.807, 2.05) is 30.3 Å². The number of nitrogens with zero attached hydrogens (tertiary/aromatic N) is 2. The van der Waals surface area contributed by atoms with Crippen LogP contribution in [-0.2, 0) is 6.54 Å². The topological polar surface area (TPSA) is 41.9 Å². The summed E-state index contributed by atoms with van der Waals surface area (Å²) in [5.74, 6) is -5.52. The van der Waals surface area contributed by atoms with Crippen molar-refractivity contribution in [3.05, 3.63) is 77.5 Å². The summed E-state index contributed by atoms with van der Waals surface area (Å²) in [6.45, 7) is -0.479. The molecule has 2 aromatic carbocycles. The van der Waals surface area contributed by atoms with Crippen LogP contribution in [0.25, 0.3) is 0 Å². The minimum Gasteiger partial charge on any atom is -0.332 e. The molecule has 3 rings (SSSR count). The normalized spacial score (nSPS) is 10.6. The molecule has 4 nitrogen and oxygen atoms in total. The Balaban J connectivity index is 1.70. The predicted octanol–water partition coefficient (Wildman–Crippen LogP) is 4.30. The molecule has 1 heterocycles. The Hall–Kier alpha value is -2.94. The minimum absolute atomic E-state index is 0.165. The molecule has 0 aliphatic carbocycles. The van der Waals surface area contributed by atoms with Crippen molar-refractivity contribution in [2.24, 2.45) is 0 Å². The maximum absolute atomic E-state index is 13.7. The Kier molecular flexibility index (Phi) is 5.17. The molecule has 0 amide bonds. The van der Waals surface area contributed by atoms with Crippen molar-refractivity contribution >= 4 is 28.8 Å². The maximum Gasteiger partial charge on any atom is 0.176 e. The lowest BCUT2D eigenvalue weighted by molar-refractivity contribution is 0.431. The summed E-state index contributed by atoms with van der Waals surface area (Å²) in [6.07, 6.45) is 1.40. The van der Waals surface area contributed by atoms with E-state index in [2.05, 4.69) is 15.7 Å². The Labute approximate surface area is 151 Å². The van der Waals surface area contributed by atoms with Gasteiger partial charge in [0.1, 0.15) is 0 Å². The van der Waals surface area contributed by atoms with E-state index in [1.165, 1.54) is 12.3 Å². The fourth-order valence-electron chi connectivity index (χ4n) is 2.24. The van der Waals surface area contributed by atoms with E-state index in [0.29, 0.717) is 5.82 Å². The first-order chi connectivity index (χ1) is 12.4. The number of halogens is 4. The van der Waals surface area contributed by atoms with Crippen LogP contribution in [0.4, 0.5) is 29.1 Å². The van der Waals surface area contributed by atoms with Crippen molar-refractivity contribution in [3.63, 3.8) is 0 Å². The van der Waals surface area contributed by atoms with E-state index < -0.39 is 35.4 Å². The average molecular weight is 380 g/mol. The Morgan fingerprint density at radius 3 is 2.27 bits per heavy atom. The number of anilines is 2. The number of benzene rings is 2. The minimum atomic E-state index is -1.46. The fourth-order valence-corrected chi connectivity index (χ4v) is 2.46. The Morgan fingerprint density at radius 2 is 1.62 bits per heavy atom. The van der Waals surface area contributed by atoms with Crippen molar-refractivity contribution in [2.75, 3.05) is 10.6 Å². The number of hydrogen-bond donors (Lipinski definition) is 2. The van der Waals surface area contributed by atoms with Gasteiger partial charge in [-0.3, -0.25) is 4.68 Å². The number of nitrogens with one attached hydrogen (secondary N) is 2. The van der Waals surface area contributed by atoms with E-state index in [0.717, 1.165) is 10.4 Å². The second-order valence-corrected chi connectivity index (χ2v) is 5.70. The zero-order valence-electron chi connectivity index (χ0n) is 13.1. The van der Waals surface area contributed by atoms with Gasteiger partial charge in [0.25, 0.3) is 0 Å². The Morgan fingerprint density at radius 1 is 0.962 bits per heavy atom. The lowest BCUT2D eigenvalue weighted by Gasteiger charge is -2.09.